The van der Waals surface area contributed by atoms with E-state index >= 15 is 0 Å². The van der Waals surface area contributed by atoms with Crippen LogP contribution in [-0.4, -0.2) is 12.9 Å². The van der Waals surface area contributed by atoms with Crippen LogP contribution in [0.3, 0.4) is 0 Å². The second kappa shape index (κ2) is 3.60. The van der Waals surface area contributed by atoms with Crippen LogP contribution < -0.4 is 0 Å². The van der Waals surface area contributed by atoms with Crippen LogP contribution in [0.4, 0.5) is 0 Å². The first kappa shape index (κ1) is 11.2. The first-order valence-corrected chi connectivity index (χ1v) is 10.3. The minimum atomic E-state index is -1.14. The molecule has 0 aromatic heterocycles. The maximum absolute atomic E-state index is 2.49. The van der Waals surface area contributed by atoms with Gasteiger partial charge in [0.15, 0.2) is 0 Å². The lowest BCUT2D eigenvalue weighted by molar-refractivity contribution is 1.41. The lowest BCUT2D eigenvalue weighted by Crippen LogP contribution is -2.22. The van der Waals surface area contributed by atoms with Gasteiger partial charge >= 0.3 is 0 Å². The zero-order valence-corrected chi connectivity index (χ0v) is 12.2. The fraction of sp³-hybridized carbons (Fsp3) is 0.462. The van der Waals surface area contributed by atoms with E-state index < -0.39 is 8.07 Å². The summed E-state index contributed by atoms with van der Waals surface area (Å²) < 4.78 is 1.76. The highest BCUT2D eigenvalue weighted by molar-refractivity contribution is 8.24. The highest BCUT2D eigenvalue weighted by Crippen LogP contribution is 2.51. The quantitative estimate of drug-likeness (QED) is 0.466. The van der Waals surface area contributed by atoms with Crippen molar-refractivity contribution in [3.05, 3.63) is 33.2 Å². The van der Waals surface area contributed by atoms with Crippen LogP contribution >= 0.6 is 10.5 Å². The van der Waals surface area contributed by atoms with Crippen molar-refractivity contribution in [1.29, 1.82) is 0 Å². The van der Waals surface area contributed by atoms with Crippen molar-refractivity contribution in [1.82, 2.24) is 0 Å². The first-order valence-electron chi connectivity index (χ1n) is 5.57. The largest absolute Gasteiger partial charge is 0.136 e. The van der Waals surface area contributed by atoms with Gasteiger partial charge in [-0.1, -0.05) is 31.8 Å². The Labute approximate surface area is 96.7 Å². The third-order valence-corrected chi connectivity index (χ3v) is 9.16. The van der Waals surface area contributed by atoms with Gasteiger partial charge in [-0.15, -0.1) is 10.5 Å². The third-order valence-electron chi connectivity index (χ3n) is 2.82. The average Bonchev–Trinajstić information content (AvgIpc) is 2.56. The Balaban J connectivity index is 2.53. The number of hydrogen-bond acceptors (Lipinski definition) is 0. The lowest BCUT2D eigenvalue weighted by Gasteiger charge is -2.23. The van der Waals surface area contributed by atoms with Gasteiger partial charge in [-0.05, 0) is 46.2 Å². The molecule has 0 saturated heterocycles. The first-order chi connectivity index (χ1) is 6.91. The fourth-order valence-electron chi connectivity index (χ4n) is 2.16. The molecule has 1 aliphatic carbocycles. The van der Waals surface area contributed by atoms with Crippen LogP contribution in [0.15, 0.2) is 33.2 Å². The summed E-state index contributed by atoms with van der Waals surface area (Å²) in [4.78, 5) is 3.28. The van der Waals surface area contributed by atoms with Crippen LogP contribution in [-0.2, 0) is 0 Å². The summed E-state index contributed by atoms with van der Waals surface area (Å²) in [6.07, 6.45) is 8.30. The molecule has 1 atom stereocenters. The molecule has 0 aromatic carbocycles. The molecule has 0 spiro atoms. The van der Waals surface area contributed by atoms with E-state index in [1.807, 2.05) is 0 Å². The van der Waals surface area contributed by atoms with Gasteiger partial charge in [0, 0.05) is 0 Å². The molecule has 0 fully saturated rings. The minimum absolute atomic E-state index is 0.365. The molecule has 0 nitrogen and oxygen atoms in total. The topological polar surface area (TPSA) is 0 Å². The molecule has 0 bridgehead atoms. The van der Waals surface area contributed by atoms with E-state index in [0.717, 1.165) is 0 Å². The normalized spacial score (nSPS) is 24.6. The highest BCUT2D eigenvalue weighted by Gasteiger charge is 2.30. The Morgan fingerprint density at radius 1 is 1.27 bits per heavy atom. The van der Waals surface area contributed by atoms with E-state index in [2.05, 4.69) is 51.7 Å². The highest BCUT2D eigenvalue weighted by atomic mass is 32.2. The SMILES string of the molecule is CC(C)=S1C([Si](C)(C)C)=CC2=C1CC=C2. The zero-order chi connectivity index (χ0) is 11.2. The number of allylic oxidation sites excluding steroid dienone is 5. The molecular formula is C13H20SSi. The molecule has 1 heterocycles. The number of hydrogen-bond donors (Lipinski definition) is 0. The molecular weight excluding hydrogens is 216 g/mol. The van der Waals surface area contributed by atoms with E-state index in [4.69, 9.17) is 0 Å². The summed E-state index contributed by atoms with van der Waals surface area (Å²) in [6.45, 7) is 12.0. The van der Waals surface area contributed by atoms with E-state index in [0.29, 0.717) is 10.5 Å². The van der Waals surface area contributed by atoms with E-state index in [1.165, 1.54) is 12.0 Å². The number of rotatable bonds is 1. The summed E-state index contributed by atoms with van der Waals surface area (Å²) in [7, 11) is -0.774. The van der Waals surface area contributed by atoms with Gasteiger partial charge < -0.3 is 0 Å². The second-order valence-electron chi connectivity index (χ2n) is 5.46. The maximum Gasteiger partial charge on any atom is 0.0855 e. The van der Waals surface area contributed by atoms with Gasteiger partial charge in [0.1, 0.15) is 0 Å². The Morgan fingerprint density at radius 2 is 1.93 bits per heavy atom. The Bertz CT molecular complexity index is 424. The predicted molar refractivity (Wildman–Crippen MR) is 76.2 cm³/mol. The summed E-state index contributed by atoms with van der Waals surface area (Å²) >= 11 is 0. The standard InChI is InChI=1S/C13H20SSi/c1-10(2)14-12-8-6-7-11(12)9-13(14)15(3,4)5/h6-7,9H,8H2,1-5H3. The van der Waals surface area contributed by atoms with Crippen molar-refractivity contribution in [3.8, 4) is 0 Å². The van der Waals surface area contributed by atoms with Gasteiger partial charge in [0.25, 0.3) is 0 Å². The summed E-state index contributed by atoms with van der Waals surface area (Å²) in [5.74, 6) is 0. The van der Waals surface area contributed by atoms with Crippen LogP contribution in [0.2, 0.25) is 19.6 Å². The van der Waals surface area contributed by atoms with Crippen molar-refractivity contribution in [2.75, 3.05) is 0 Å². The molecule has 1 unspecified atom stereocenters. The van der Waals surface area contributed by atoms with Crippen LogP contribution in [0.5, 0.6) is 0 Å². The van der Waals surface area contributed by atoms with Crippen molar-refractivity contribution < 1.29 is 0 Å². The molecule has 2 rings (SSSR count). The molecule has 82 valence electrons. The van der Waals surface area contributed by atoms with Gasteiger partial charge in [0.2, 0.25) is 0 Å². The molecule has 2 heteroatoms. The lowest BCUT2D eigenvalue weighted by atomic mass is 10.3. The smallest absolute Gasteiger partial charge is 0.0855 e. The van der Waals surface area contributed by atoms with E-state index in [1.54, 1.807) is 14.3 Å². The monoisotopic (exact) mass is 236 g/mol. The molecule has 0 N–H and O–H groups in total. The molecule has 2 aliphatic rings. The summed E-state index contributed by atoms with van der Waals surface area (Å²) in [6, 6.07) is 0. The van der Waals surface area contributed by atoms with Crippen molar-refractivity contribution in [2.45, 2.75) is 39.9 Å². The van der Waals surface area contributed by atoms with E-state index in [9.17, 15) is 0 Å². The zero-order valence-electron chi connectivity index (χ0n) is 10.3. The summed E-state index contributed by atoms with van der Waals surface area (Å²) in [5.41, 5.74) is 1.52. The van der Waals surface area contributed by atoms with Gasteiger partial charge in [0.05, 0.1) is 8.07 Å². The van der Waals surface area contributed by atoms with Crippen LogP contribution in [0.25, 0.3) is 0 Å². The predicted octanol–water partition coefficient (Wildman–Crippen LogP) is 4.46. The van der Waals surface area contributed by atoms with Crippen molar-refractivity contribution in [3.63, 3.8) is 0 Å². The van der Waals surface area contributed by atoms with Crippen LogP contribution in [0.1, 0.15) is 20.3 Å². The van der Waals surface area contributed by atoms with Gasteiger partial charge in [-0.25, -0.2) is 0 Å². The molecule has 0 amide bonds. The van der Waals surface area contributed by atoms with E-state index in [-0.39, 0.29) is 0 Å². The second-order valence-corrected chi connectivity index (χ2v) is 13.2. The maximum atomic E-state index is 2.49. The Hall–Kier alpha value is -0.343. The third kappa shape index (κ3) is 1.85. The molecule has 1 aliphatic heterocycles. The van der Waals surface area contributed by atoms with Crippen molar-refractivity contribution >= 4 is 23.4 Å². The summed E-state index contributed by atoms with van der Waals surface area (Å²) in [5, 5.41) is 0. The molecule has 0 radical (unpaired) electrons. The van der Waals surface area contributed by atoms with Crippen molar-refractivity contribution in [2.24, 2.45) is 0 Å². The Kier molecular flexibility index (Phi) is 2.68. The fourth-order valence-corrected chi connectivity index (χ4v) is 8.24. The minimum Gasteiger partial charge on any atom is -0.136 e. The molecule has 15 heavy (non-hydrogen) atoms. The van der Waals surface area contributed by atoms with Crippen LogP contribution in [0, 0.1) is 0 Å². The molecule has 0 aromatic rings. The van der Waals surface area contributed by atoms with Gasteiger partial charge in [-0.3, -0.25) is 0 Å². The molecule has 0 saturated carbocycles. The Morgan fingerprint density at radius 3 is 2.47 bits per heavy atom. The average molecular weight is 236 g/mol. The van der Waals surface area contributed by atoms with Gasteiger partial charge in [-0.2, -0.15) is 0 Å².